The maximum absolute atomic E-state index is 10.9. The Bertz CT molecular complexity index is 1490. The van der Waals surface area contributed by atoms with Crippen molar-refractivity contribution >= 4 is 5.97 Å². The zero-order chi connectivity index (χ0) is 24.9. The van der Waals surface area contributed by atoms with Gasteiger partial charge in [0, 0.05) is 16.7 Å². The molecular formula is C31H25N2O3-. The number of ether oxygens (including phenoxy) is 1. The number of carbonyl (C=O) groups excluding carboxylic acids is 1. The Morgan fingerprint density at radius 1 is 0.806 bits per heavy atom. The van der Waals surface area contributed by atoms with Crippen LogP contribution < -0.4 is 9.84 Å². The van der Waals surface area contributed by atoms with Crippen LogP contribution in [-0.2, 0) is 11.2 Å². The molecule has 36 heavy (non-hydrogen) atoms. The lowest BCUT2D eigenvalue weighted by molar-refractivity contribution is -0.307. The van der Waals surface area contributed by atoms with E-state index in [4.69, 9.17) is 9.84 Å². The van der Waals surface area contributed by atoms with Crippen molar-refractivity contribution in [3.63, 3.8) is 0 Å². The summed E-state index contributed by atoms with van der Waals surface area (Å²) < 4.78 is 7.41. The van der Waals surface area contributed by atoms with Gasteiger partial charge in [0.05, 0.1) is 17.4 Å². The van der Waals surface area contributed by atoms with Crippen LogP contribution >= 0.6 is 0 Å². The van der Waals surface area contributed by atoms with E-state index in [1.807, 2.05) is 77.5 Å². The van der Waals surface area contributed by atoms with Gasteiger partial charge in [-0.3, -0.25) is 0 Å². The monoisotopic (exact) mass is 473 g/mol. The van der Waals surface area contributed by atoms with Gasteiger partial charge in [0.1, 0.15) is 18.1 Å². The third-order valence-corrected chi connectivity index (χ3v) is 6.06. The highest BCUT2D eigenvalue weighted by molar-refractivity contribution is 5.84. The number of carbonyl (C=O) groups is 1. The Morgan fingerprint density at radius 2 is 1.44 bits per heavy atom. The number of carboxylic acid groups (broad SMARTS) is 1. The first kappa shape index (κ1) is 23.1. The summed E-state index contributed by atoms with van der Waals surface area (Å²) in [6, 6.07) is 36.1. The van der Waals surface area contributed by atoms with Crippen molar-refractivity contribution in [2.75, 3.05) is 6.61 Å². The zero-order valence-corrected chi connectivity index (χ0v) is 19.9. The van der Waals surface area contributed by atoms with E-state index in [-0.39, 0.29) is 0 Å². The van der Waals surface area contributed by atoms with Crippen LogP contribution in [0.3, 0.4) is 0 Å². The number of aromatic nitrogens is 2. The summed E-state index contributed by atoms with van der Waals surface area (Å²) in [6.45, 7) is 1.65. The highest BCUT2D eigenvalue weighted by Crippen LogP contribution is 2.38. The van der Waals surface area contributed by atoms with Gasteiger partial charge in [-0.05, 0) is 35.7 Å². The van der Waals surface area contributed by atoms with Gasteiger partial charge >= 0.3 is 0 Å². The first-order valence-electron chi connectivity index (χ1n) is 11.9. The van der Waals surface area contributed by atoms with Crippen molar-refractivity contribution in [1.82, 2.24) is 9.78 Å². The minimum Gasteiger partial charge on any atom is -0.546 e. The van der Waals surface area contributed by atoms with Gasteiger partial charge in [-0.2, -0.15) is 5.10 Å². The molecule has 0 radical (unpaired) electrons. The summed E-state index contributed by atoms with van der Waals surface area (Å²) in [5, 5.41) is 16.0. The predicted octanol–water partition coefficient (Wildman–Crippen LogP) is 5.56. The van der Waals surface area contributed by atoms with Crippen molar-refractivity contribution in [2.45, 2.75) is 13.3 Å². The van der Waals surface area contributed by atoms with Crippen LogP contribution in [0.15, 0.2) is 109 Å². The molecule has 0 saturated heterocycles. The maximum Gasteiger partial charge on any atom is 0.128 e. The van der Waals surface area contributed by atoms with Crippen LogP contribution in [0.1, 0.15) is 12.6 Å². The predicted molar refractivity (Wildman–Crippen MR) is 140 cm³/mol. The summed E-state index contributed by atoms with van der Waals surface area (Å²) >= 11 is 0. The van der Waals surface area contributed by atoms with E-state index in [0.29, 0.717) is 5.75 Å². The number of rotatable bonds is 8. The molecule has 0 unspecified atom stereocenters. The molecular weight excluding hydrogens is 448 g/mol. The lowest BCUT2D eigenvalue weighted by atomic mass is 9.97. The number of nitrogens with zero attached hydrogens (tertiary/aromatic N) is 2. The van der Waals surface area contributed by atoms with Crippen LogP contribution in [0.25, 0.3) is 39.2 Å². The first-order valence-corrected chi connectivity index (χ1v) is 11.9. The van der Waals surface area contributed by atoms with Crippen molar-refractivity contribution in [3.05, 3.63) is 115 Å². The standard InChI is InChI=1S/C31H26N2O3/c1-2-27-30(22-12-5-3-6-13-22)31(23-14-7-4-8-15-23)32-33(27)28-19-10-9-18-26(28)24-16-11-17-25(20-24)36-21-29(34)35/h3-20H,2,21H2,1H3,(H,34,35)/p-1. The minimum absolute atomic E-state index is 0.470. The van der Waals surface area contributed by atoms with Gasteiger partial charge in [0.15, 0.2) is 0 Å². The number of aliphatic carboxylic acids is 1. The molecule has 0 N–H and O–H groups in total. The summed E-state index contributed by atoms with van der Waals surface area (Å²) in [5.74, 6) is -0.788. The Labute approximate surface area is 210 Å². The fourth-order valence-corrected chi connectivity index (χ4v) is 4.48. The fourth-order valence-electron chi connectivity index (χ4n) is 4.48. The topological polar surface area (TPSA) is 67.2 Å². The Hall–Kier alpha value is -4.64. The lowest BCUT2D eigenvalue weighted by Crippen LogP contribution is -2.28. The molecule has 5 nitrogen and oxygen atoms in total. The van der Waals surface area contributed by atoms with Crippen molar-refractivity contribution < 1.29 is 14.6 Å². The van der Waals surface area contributed by atoms with E-state index < -0.39 is 12.6 Å². The molecule has 4 aromatic carbocycles. The third kappa shape index (κ3) is 4.64. The summed E-state index contributed by atoms with van der Waals surface area (Å²) in [4.78, 5) is 10.9. The quantitative estimate of drug-likeness (QED) is 0.296. The number of para-hydroxylation sites is 1. The summed E-state index contributed by atoms with van der Waals surface area (Å²) in [5.41, 5.74) is 8.14. The highest BCUT2D eigenvalue weighted by Gasteiger charge is 2.22. The highest BCUT2D eigenvalue weighted by atomic mass is 16.5. The largest absolute Gasteiger partial charge is 0.546 e. The number of benzene rings is 4. The number of carboxylic acids is 1. The molecule has 0 fully saturated rings. The van der Waals surface area contributed by atoms with Gasteiger partial charge in [0.2, 0.25) is 0 Å². The van der Waals surface area contributed by atoms with Crippen LogP contribution in [0.2, 0.25) is 0 Å². The molecule has 0 atom stereocenters. The smallest absolute Gasteiger partial charge is 0.128 e. The van der Waals surface area contributed by atoms with E-state index in [1.54, 1.807) is 6.07 Å². The molecule has 5 rings (SSSR count). The van der Waals surface area contributed by atoms with Crippen LogP contribution in [0.5, 0.6) is 5.75 Å². The average molecular weight is 474 g/mol. The molecule has 0 aliphatic rings. The second-order valence-electron chi connectivity index (χ2n) is 8.37. The number of hydrogen-bond acceptors (Lipinski definition) is 4. The molecule has 0 saturated carbocycles. The normalized spacial score (nSPS) is 10.8. The van der Waals surface area contributed by atoms with E-state index in [1.165, 1.54) is 0 Å². The Kier molecular flexibility index (Phi) is 6.63. The summed E-state index contributed by atoms with van der Waals surface area (Å²) in [7, 11) is 0. The van der Waals surface area contributed by atoms with Gasteiger partial charge in [0.25, 0.3) is 0 Å². The van der Waals surface area contributed by atoms with Gasteiger partial charge in [-0.1, -0.05) is 97.9 Å². The van der Waals surface area contributed by atoms with Gasteiger partial charge in [-0.25, -0.2) is 4.68 Å². The molecule has 1 aromatic heterocycles. The first-order chi connectivity index (χ1) is 17.7. The van der Waals surface area contributed by atoms with Crippen LogP contribution in [-0.4, -0.2) is 22.4 Å². The molecule has 5 aromatic rings. The minimum atomic E-state index is -1.26. The molecule has 5 heteroatoms. The fraction of sp³-hybridized carbons (Fsp3) is 0.0968. The summed E-state index contributed by atoms with van der Waals surface area (Å²) in [6.07, 6.45) is 0.785. The third-order valence-electron chi connectivity index (χ3n) is 6.06. The Balaban J connectivity index is 1.70. The second-order valence-corrected chi connectivity index (χ2v) is 8.37. The van der Waals surface area contributed by atoms with Crippen molar-refractivity contribution in [1.29, 1.82) is 0 Å². The number of hydrogen-bond donors (Lipinski definition) is 0. The molecule has 0 bridgehead atoms. The van der Waals surface area contributed by atoms with Crippen LogP contribution in [0.4, 0.5) is 0 Å². The van der Waals surface area contributed by atoms with Crippen LogP contribution in [0, 0.1) is 0 Å². The SMILES string of the molecule is CCc1c(-c2ccccc2)c(-c2ccccc2)nn1-c1ccccc1-c1cccc(OCC(=O)[O-])c1. The Morgan fingerprint density at radius 3 is 2.14 bits per heavy atom. The van der Waals surface area contributed by atoms with Crippen molar-refractivity contribution in [3.8, 4) is 44.9 Å². The maximum atomic E-state index is 10.9. The molecule has 0 spiro atoms. The van der Waals surface area contributed by atoms with Crippen molar-refractivity contribution in [2.24, 2.45) is 0 Å². The molecule has 0 aliphatic carbocycles. The molecule has 1 heterocycles. The molecule has 0 amide bonds. The second kappa shape index (κ2) is 10.3. The van der Waals surface area contributed by atoms with Gasteiger partial charge in [-0.15, -0.1) is 0 Å². The van der Waals surface area contributed by atoms with E-state index in [9.17, 15) is 9.90 Å². The zero-order valence-electron chi connectivity index (χ0n) is 19.9. The van der Waals surface area contributed by atoms with E-state index in [0.717, 1.165) is 51.3 Å². The molecule has 178 valence electrons. The molecule has 0 aliphatic heterocycles. The van der Waals surface area contributed by atoms with Gasteiger partial charge < -0.3 is 14.6 Å². The van der Waals surface area contributed by atoms with E-state index in [2.05, 4.69) is 37.3 Å². The lowest BCUT2D eigenvalue weighted by Gasteiger charge is -2.14. The average Bonchev–Trinajstić information content (AvgIpc) is 3.32. The van der Waals surface area contributed by atoms with E-state index >= 15 is 0 Å².